The van der Waals surface area contributed by atoms with Crippen molar-refractivity contribution in [1.82, 2.24) is 5.32 Å². The van der Waals surface area contributed by atoms with Gasteiger partial charge in [0.2, 0.25) is 5.91 Å². The Bertz CT molecular complexity index is 599. The quantitative estimate of drug-likeness (QED) is 0.800. The minimum Gasteiger partial charge on any atom is -0.491 e. The van der Waals surface area contributed by atoms with Crippen LogP contribution in [0.15, 0.2) is 54.6 Å². The molecule has 0 heterocycles. The van der Waals surface area contributed by atoms with Crippen LogP contribution < -0.4 is 10.1 Å². The molecule has 3 nitrogen and oxygen atoms in total. The van der Waals surface area contributed by atoms with Crippen LogP contribution in [0.1, 0.15) is 18.1 Å². The molecule has 0 saturated heterocycles. The van der Waals surface area contributed by atoms with Crippen LogP contribution >= 0.6 is 11.8 Å². The summed E-state index contributed by atoms with van der Waals surface area (Å²) in [6.45, 7) is 4.46. The fourth-order valence-corrected chi connectivity index (χ4v) is 2.85. The highest BCUT2D eigenvalue weighted by molar-refractivity contribution is 7.99. The van der Waals surface area contributed by atoms with Crippen LogP contribution in [-0.4, -0.2) is 24.3 Å². The van der Waals surface area contributed by atoms with Crippen LogP contribution in [0, 0.1) is 6.92 Å². The van der Waals surface area contributed by atoms with Gasteiger partial charge in [0.1, 0.15) is 12.4 Å². The standard InChI is InChI=1S/C19H23NO2S/c1-15-8-10-18(11-9-15)22-12-16(2)20-19(21)14-23-13-17-6-4-3-5-7-17/h3-11,16H,12-14H2,1-2H3,(H,20,21). The first kappa shape index (κ1) is 17.4. The van der Waals surface area contributed by atoms with E-state index in [4.69, 9.17) is 4.74 Å². The van der Waals surface area contributed by atoms with Gasteiger partial charge in [-0.15, -0.1) is 11.8 Å². The van der Waals surface area contributed by atoms with Crippen LogP contribution in [0.3, 0.4) is 0 Å². The summed E-state index contributed by atoms with van der Waals surface area (Å²) in [5, 5.41) is 2.96. The van der Waals surface area contributed by atoms with E-state index in [1.807, 2.05) is 56.3 Å². The highest BCUT2D eigenvalue weighted by atomic mass is 32.2. The lowest BCUT2D eigenvalue weighted by atomic mass is 10.2. The van der Waals surface area contributed by atoms with Crippen molar-refractivity contribution in [2.45, 2.75) is 25.6 Å². The van der Waals surface area contributed by atoms with E-state index in [9.17, 15) is 4.79 Å². The highest BCUT2D eigenvalue weighted by Crippen LogP contribution is 2.12. The smallest absolute Gasteiger partial charge is 0.230 e. The second-order valence-corrected chi connectivity index (χ2v) is 6.56. The fraction of sp³-hybridized carbons (Fsp3) is 0.316. The Morgan fingerprint density at radius 3 is 2.52 bits per heavy atom. The lowest BCUT2D eigenvalue weighted by Gasteiger charge is -2.15. The van der Waals surface area contributed by atoms with Gasteiger partial charge in [-0.1, -0.05) is 48.0 Å². The lowest BCUT2D eigenvalue weighted by molar-refractivity contribution is -0.119. The molecule has 1 unspecified atom stereocenters. The maximum Gasteiger partial charge on any atom is 0.230 e. The number of rotatable bonds is 8. The molecule has 0 saturated carbocycles. The zero-order valence-electron chi connectivity index (χ0n) is 13.6. The summed E-state index contributed by atoms with van der Waals surface area (Å²) in [6.07, 6.45) is 0. The number of aryl methyl sites for hydroxylation is 1. The summed E-state index contributed by atoms with van der Waals surface area (Å²) in [4.78, 5) is 11.9. The van der Waals surface area contributed by atoms with Gasteiger partial charge in [-0.3, -0.25) is 4.79 Å². The van der Waals surface area contributed by atoms with Crippen LogP contribution in [0.4, 0.5) is 0 Å². The molecule has 1 amide bonds. The molecular weight excluding hydrogens is 306 g/mol. The predicted octanol–water partition coefficient (Wildman–Crippen LogP) is 3.81. The first-order valence-corrected chi connectivity index (χ1v) is 8.89. The van der Waals surface area contributed by atoms with Gasteiger partial charge in [-0.05, 0) is 31.5 Å². The summed E-state index contributed by atoms with van der Waals surface area (Å²) < 4.78 is 5.68. The molecule has 23 heavy (non-hydrogen) atoms. The summed E-state index contributed by atoms with van der Waals surface area (Å²) in [6, 6.07) is 18.1. The number of ether oxygens (including phenoxy) is 1. The first-order valence-electron chi connectivity index (χ1n) is 7.74. The Hall–Kier alpha value is -1.94. The molecule has 1 atom stereocenters. The topological polar surface area (TPSA) is 38.3 Å². The highest BCUT2D eigenvalue weighted by Gasteiger charge is 2.08. The zero-order chi connectivity index (χ0) is 16.5. The maximum absolute atomic E-state index is 11.9. The summed E-state index contributed by atoms with van der Waals surface area (Å²) in [5.74, 6) is 2.19. The molecular formula is C19H23NO2S. The van der Waals surface area contributed by atoms with Crippen LogP contribution in [0.5, 0.6) is 5.75 Å². The van der Waals surface area contributed by atoms with E-state index in [0.717, 1.165) is 11.5 Å². The van der Waals surface area contributed by atoms with Gasteiger partial charge >= 0.3 is 0 Å². The third kappa shape index (κ3) is 6.78. The number of amides is 1. The minimum atomic E-state index is -0.0128. The predicted molar refractivity (Wildman–Crippen MR) is 96.9 cm³/mol. The SMILES string of the molecule is Cc1ccc(OCC(C)NC(=O)CSCc2ccccc2)cc1. The molecule has 0 radical (unpaired) electrons. The van der Waals surface area contributed by atoms with Crippen LogP contribution in [-0.2, 0) is 10.5 Å². The van der Waals surface area contributed by atoms with Crippen molar-refractivity contribution in [3.8, 4) is 5.75 Å². The van der Waals surface area contributed by atoms with Gasteiger partial charge in [-0.25, -0.2) is 0 Å². The molecule has 2 aromatic rings. The summed E-state index contributed by atoms with van der Waals surface area (Å²) >= 11 is 1.62. The second-order valence-electron chi connectivity index (χ2n) is 5.57. The van der Waals surface area contributed by atoms with Crippen molar-refractivity contribution in [2.24, 2.45) is 0 Å². The van der Waals surface area contributed by atoms with Crippen LogP contribution in [0.25, 0.3) is 0 Å². The normalized spacial score (nSPS) is 11.7. The molecule has 0 bridgehead atoms. The monoisotopic (exact) mass is 329 g/mol. The van der Waals surface area contributed by atoms with E-state index < -0.39 is 0 Å². The van der Waals surface area contributed by atoms with E-state index in [2.05, 4.69) is 17.4 Å². The fourth-order valence-electron chi connectivity index (χ4n) is 2.05. The number of hydrogen-bond acceptors (Lipinski definition) is 3. The average molecular weight is 329 g/mol. The van der Waals surface area contributed by atoms with E-state index in [1.165, 1.54) is 11.1 Å². The molecule has 0 fully saturated rings. The molecule has 0 spiro atoms. The van der Waals surface area contributed by atoms with Crippen molar-refractivity contribution in [1.29, 1.82) is 0 Å². The van der Waals surface area contributed by atoms with Gasteiger partial charge in [0.15, 0.2) is 0 Å². The summed E-state index contributed by atoms with van der Waals surface area (Å²) in [5.41, 5.74) is 2.44. The van der Waals surface area contributed by atoms with E-state index in [1.54, 1.807) is 11.8 Å². The number of nitrogens with one attached hydrogen (secondary N) is 1. The van der Waals surface area contributed by atoms with Crippen LogP contribution in [0.2, 0.25) is 0 Å². The van der Waals surface area contributed by atoms with E-state index in [-0.39, 0.29) is 11.9 Å². The number of carbonyl (C=O) groups is 1. The largest absolute Gasteiger partial charge is 0.491 e. The molecule has 4 heteroatoms. The van der Waals surface area contributed by atoms with E-state index >= 15 is 0 Å². The van der Waals surface area contributed by atoms with Gasteiger partial charge < -0.3 is 10.1 Å². The first-order chi connectivity index (χ1) is 11.1. The van der Waals surface area contributed by atoms with Crippen molar-refractivity contribution < 1.29 is 9.53 Å². The molecule has 0 aromatic heterocycles. The van der Waals surface area contributed by atoms with E-state index in [0.29, 0.717) is 12.4 Å². The van der Waals surface area contributed by atoms with Gasteiger partial charge in [0.05, 0.1) is 11.8 Å². The summed E-state index contributed by atoms with van der Waals surface area (Å²) in [7, 11) is 0. The number of hydrogen-bond donors (Lipinski definition) is 1. The Balaban J connectivity index is 1.63. The number of carbonyl (C=O) groups excluding carboxylic acids is 1. The van der Waals surface area contributed by atoms with Gasteiger partial charge in [0, 0.05) is 5.75 Å². The van der Waals surface area contributed by atoms with Crippen molar-refractivity contribution in [3.05, 3.63) is 65.7 Å². The molecule has 0 aliphatic rings. The Labute approximate surface area is 142 Å². The van der Waals surface area contributed by atoms with Gasteiger partial charge in [-0.2, -0.15) is 0 Å². The molecule has 0 aliphatic heterocycles. The lowest BCUT2D eigenvalue weighted by Crippen LogP contribution is -2.37. The van der Waals surface area contributed by atoms with Crippen molar-refractivity contribution in [2.75, 3.05) is 12.4 Å². The molecule has 122 valence electrons. The number of benzene rings is 2. The Kier molecular flexibility index (Phi) is 7.01. The minimum absolute atomic E-state index is 0.0128. The third-order valence-corrected chi connectivity index (χ3v) is 4.28. The Morgan fingerprint density at radius 1 is 1.13 bits per heavy atom. The maximum atomic E-state index is 11.9. The third-order valence-electron chi connectivity index (χ3n) is 3.27. The van der Waals surface area contributed by atoms with Crippen molar-refractivity contribution in [3.63, 3.8) is 0 Å². The number of thioether (sulfide) groups is 1. The Morgan fingerprint density at radius 2 is 1.83 bits per heavy atom. The molecule has 2 aromatic carbocycles. The zero-order valence-corrected chi connectivity index (χ0v) is 14.4. The van der Waals surface area contributed by atoms with Crippen molar-refractivity contribution >= 4 is 17.7 Å². The molecule has 2 rings (SSSR count). The molecule has 1 N–H and O–H groups in total. The molecule has 0 aliphatic carbocycles. The average Bonchev–Trinajstić information content (AvgIpc) is 2.55. The second kappa shape index (κ2) is 9.26. The van der Waals surface area contributed by atoms with Gasteiger partial charge in [0.25, 0.3) is 0 Å².